The Hall–Kier alpha value is -1.02. The molecule has 0 radical (unpaired) electrons. The van der Waals surface area contributed by atoms with Crippen LogP contribution in [0.5, 0.6) is 0 Å². The lowest BCUT2D eigenvalue weighted by molar-refractivity contribution is 0.171. The monoisotopic (exact) mass is 261 g/mol. The zero-order valence-corrected chi connectivity index (χ0v) is 12.6. The van der Waals surface area contributed by atoms with Crippen LogP contribution in [0.2, 0.25) is 0 Å². The van der Waals surface area contributed by atoms with Gasteiger partial charge in [0.15, 0.2) is 0 Å². The van der Waals surface area contributed by atoms with Crippen LogP contribution in [0.15, 0.2) is 18.2 Å². The first kappa shape index (κ1) is 14.4. The van der Waals surface area contributed by atoms with Gasteiger partial charge in [-0.05, 0) is 42.2 Å². The Bertz CT molecular complexity index is 399. The molecule has 2 N–H and O–H groups in total. The van der Waals surface area contributed by atoms with Crippen LogP contribution in [0.3, 0.4) is 0 Å². The second kappa shape index (κ2) is 5.96. The summed E-state index contributed by atoms with van der Waals surface area (Å²) in [6.45, 7) is 8.93. The van der Waals surface area contributed by atoms with Gasteiger partial charge in [-0.25, -0.2) is 0 Å². The van der Waals surface area contributed by atoms with Gasteiger partial charge in [-0.1, -0.05) is 45.9 Å². The van der Waals surface area contributed by atoms with Crippen molar-refractivity contribution in [1.29, 1.82) is 0 Å². The molecule has 2 atom stereocenters. The SMILES string of the molecule is CC(C)c1cccc(C(C)C)c1N[C@H]1CCC[C@@H]1O. The molecule has 1 aliphatic carbocycles. The van der Waals surface area contributed by atoms with Crippen molar-refractivity contribution in [1.82, 2.24) is 0 Å². The molecule has 0 amide bonds. The van der Waals surface area contributed by atoms with Crippen molar-refractivity contribution in [3.05, 3.63) is 29.3 Å². The molecule has 2 rings (SSSR count). The lowest BCUT2D eigenvalue weighted by Crippen LogP contribution is -2.29. The van der Waals surface area contributed by atoms with Gasteiger partial charge < -0.3 is 10.4 Å². The van der Waals surface area contributed by atoms with Gasteiger partial charge in [0.05, 0.1) is 12.1 Å². The number of aliphatic hydroxyl groups excluding tert-OH is 1. The van der Waals surface area contributed by atoms with E-state index in [1.807, 2.05) is 0 Å². The van der Waals surface area contributed by atoms with E-state index in [2.05, 4.69) is 51.2 Å². The van der Waals surface area contributed by atoms with E-state index in [-0.39, 0.29) is 12.1 Å². The Morgan fingerprint density at radius 1 is 1.05 bits per heavy atom. The molecule has 1 aromatic carbocycles. The second-order valence-electron chi connectivity index (χ2n) is 6.37. The van der Waals surface area contributed by atoms with Gasteiger partial charge in [0.25, 0.3) is 0 Å². The molecule has 0 bridgehead atoms. The molecule has 0 saturated heterocycles. The van der Waals surface area contributed by atoms with E-state index < -0.39 is 0 Å². The molecule has 0 aliphatic heterocycles. The third kappa shape index (κ3) is 3.11. The van der Waals surface area contributed by atoms with Crippen molar-refractivity contribution < 1.29 is 5.11 Å². The molecule has 0 unspecified atom stereocenters. The predicted molar refractivity (Wildman–Crippen MR) is 81.9 cm³/mol. The molecule has 1 aromatic rings. The molecule has 2 heteroatoms. The van der Waals surface area contributed by atoms with Crippen molar-refractivity contribution in [2.24, 2.45) is 0 Å². The van der Waals surface area contributed by atoms with Crippen molar-refractivity contribution in [3.63, 3.8) is 0 Å². The summed E-state index contributed by atoms with van der Waals surface area (Å²) in [6, 6.07) is 6.79. The average molecular weight is 261 g/mol. The maximum absolute atomic E-state index is 10.0. The van der Waals surface area contributed by atoms with Crippen LogP contribution < -0.4 is 5.32 Å². The quantitative estimate of drug-likeness (QED) is 0.849. The van der Waals surface area contributed by atoms with Crippen LogP contribution >= 0.6 is 0 Å². The maximum Gasteiger partial charge on any atom is 0.0741 e. The number of aliphatic hydroxyl groups is 1. The smallest absolute Gasteiger partial charge is 0.0741 e. The summed E-state index contributed by atoms with van der Waals surface area (Å²) in [5.74, 6) is 1.000. The van der Waals surface area contributed by atoms with Crippen molar-refractivity contribution in [2.75, 3.05) is 5.32 Å². The molecule has 19 heavy (non-hydrogen) atoms. The molecule has 0 heterocycles. The molecular formula is C17H27NO. The number of anilines is 1. The van der Waals surface area contributed by atoms with Crippen LogP contribution in [-0.4, -0.2) is 17.3 Å². The lowest BCUT2D eigenvalue weighted by atomic mass is 9.92. The minimum absolute atomic E-state index is 0.194. The fourth-order valence-electron chi connectivity index (χ4n) is 3.01. The van der Waals surface area contributed by atoms with Gasteiger partial charge >= 0.3 is 0 Å². The number of hydrogen-bond donors (Lipinski definition) is 2. The average Bonchev–Trinajstić information content (AvgIpc) is 2.74. The fourth-order valence-corrected chi connectivity index (χ4v) is 3.01. The lowest BCUT2D eigenvalue weighted by Gasteiger charge is -2.25. The number of benzene rings is 1. The highest BCUT2D eigenvalue weighted by Gasteiger charge is 2.26. The highest BCUT2D eigenvalue weighted by Crippen LogP contribution is 2.34. The first-order valence-corrected chi connectivity index (χ1v) is 7.58. The normalized spacial score (nSPS) is 23.3. The topological polar surface area (TPSA) is 32.3 Å². The van der Waals surface area contributed by atoms with E-state index in [9.17, 15) is 5.11 Å². The summed E-state index contributed by atoms with van der Waals surface area (Å²) in [7, 11) is 0. The predicted octanol–water partition coefficient (Wildman–Crippen LogP) is 4.26. The molecule has 106 valence electrons. The summed E-state index contributed by atoms with van der Waals surface area (Å²) in [6.07, 6.45) is 2.93. The minimum atomic E-state index is -0.194. The standard InChI is InChI=1S/C17H27NO/c1-11(2)13-7-5-8-14(12(3)4)17(13)18-15-9-6-10-16(15)19/h5,7-8,11-12,15-16,18-19H,6,9-10H2,1-4H3/t15-,16-/m0/s1. The second-order valence-corrected chi connectivity index (χ2v) is 6.37. The van der Waals surface area contributed by atoms with E-state index in [4.69, 9.17) is 0 Å². The van der Waals surface area contributed by atoms with E-state index in [1.165, 1.54) is 16.8 Å². The van der Waals surface area contributed by atoms with Gasteiger partial charge in [0, 0.05) is 5.69 Å². The molecule has 0 aromatic heterocycles. The summed E-state index contributed by atoms with van der Waals surface area (Å²) in [5, 5.41) is 13.7. The van der Waals surface area contributed by atoms with Gasteiger partial charge in [0.2, 0.25) is 0 Å². The Balaban J connectivity index is 2.34. The Labute approximate surface area is 117 Å². The van der Waals surface area contributed by atoms with Crippen LogP contribution in [0.4, 0.5) is 5.69 Å². The molecular weight excluding hydrogens is 234 g/mol. The van der Waals surface area contributed by atoms with E-state index in [1.54, 1.807) is 0 Å². The highest BCUT2D eigenvalue weighted by atomic mass is 16.3. The number of nitrogens with one attached hydrogen (secondary N) is 1. The Kier molecular flexibility index (Phi) is 4.51. The van der Waals surface area contributed by atoms with Gasteiger partial charge in [0.1, 0.15) is 0 Å². The highest BCUT2D eigenvalue weighted by molar-refractivity contribution is 5.60. The van der Waals surface area contributed by atoms with Crippen molar-refractivity contribution >= 4 is 5.69 Å². The van der Waals surface area contributed by atoms with E-state index in [0.29, 0.717) is 11.8 Å². The minimum Gasteiger partial charge on any atom is -0.391 e. The van der Waals surface area contributed by atoms with Crippen LogP contribution in [0, 0.1) is 0 Å². The number of hydrogen-bond acceptors (Lipinski definition) is 2. The van der Waals surface area contributed by atoms with Crippen LogP contribution in [0.1, 0.15) is 69.9 Å². The first-order valence-electron chi connectivity index (χ1n) is 7.58. The summed E-state index contributed by atoms with van der Waals surface area (Å²) in [5.41, 5.74) is 3.99. The van der Waals surface area contributed by atoms with Gasteiger partial charge in [-0.3, -0.25) is 0 Å². The molecule has 1 aliphatic rings. The van der Waals surface area contributed by atoms with Crippen molar-refractivity contribution in [3.8, 4) is 0 Å². The van der Waals surface area contributed by atoms with Crippen LogP contribution in [-0.2, 0) is 0 Å². The van der Waals surface area contributed by atoms with E-state index >= 15 is 0 Å². The largest absolute Gasteiger partial charge is 0.391 e. The maximum atomic E-state index is 10.0. The molecule has 1 fully saturated rings. The zero-order valence-electron chi connectivity index (χ0n) is 12.6. The van der Waals surface area contributed by atoms with Crippen LogP contribution in [0.25, 0.3) is 0 Å². The zero-order chi connectivity index (χ0) is 14.0. The summed E-state index contributed by atoms with van der Waals surface area (Å²) < 4.78 is 0. The number of para-hydroxylation sites is 1. The third-order valence-electron chi connectivity index (χ3n) is 4.18. The Morgan fingerprint density at radius 3 is 2.05 bits per heavy atom. The molecule has 1 saturated carbocycles. The van der Waals surface area contributed by atoms with E-state index in [0.717, 1.165) is 19.3 Å². The fraction of sp³-hybridized carbons (Fsp3) is 0.647. The summed E-state index contributed by atoms with van der Waals surface area (Å²) in [4.78, 5) is 0. The first-order chi connectivity index (χ1) is 9.00. The summed E-state index contributed by atoms with van der Waals surface area (Å²) >= 11 is 0. The number of rotatable bonds is 4. The van der Waals surface area contributed by atoms with Gasteiger partial charge in [-0.15, -0.1) is 0 Å². The van der Waals surface area contributed by atoms with Gasteiger partial charge in [-0.2, -0.15) is 0 Å². The third-order valence-corrected chi connectivity index (χ3v) is 4.18. The molecule has 0 spiro atoms. The Morgan fingerprint density at radius 2 is 1.63 bits per heavy atom. The van der Waals surface area contributed by atoms with Crippen molar-refractivity contribution in [2.45, 2.75) is 70.9 Å². The molecule has 2 nitrogen and oxygen atoms in total.